The van der Waals surface area contributed by atoms with Crippen LogP contribution in [0, 0.1) is 11.3 Å². The van der Waals surface area contributed by atoms with Gasteiger partial charge in [0.1, 0.15) is 0 Å². The largest absolute Gasteiger partial charge is 0.345 e. The fourth-order valence-electron chi connectivity index (χ4n) is 3.19. The van der Waals surface area contributed by atoms with Crippen LogP contribution in [0.5, 0.6) is 0 Å². The second-order valence-electron chi connectivity index (χ2n) is 7.50. The average Bonchev–Trinajstić information content (AvgIpc) is 2.61. The summed E-state index contributed by atoms with van der Waals surface area (Å²) in [5, 5.41) is 0. The van der Waals surface area contributed by atoms with E-state index >= 15 is 0 Å². The van der Waals surface area contributed by atoms with Crippen LogP contribution in [0.15, 0.2) is 30.3 Å². The molecule has 1 aliphatic heterocycles. The molecule has 0 unspecified atom stereocenters. The predicted octanol–water partition coefficient (Wildman–Crippen LogP) is 1.98. The van der Waals surface area contributed by atoms with Crippen LogP contribution in [-0.4, -0.2) is 54.8 Å². The van der Waals surface area contributed by atoms with E-state index in [-0.39, 0.29) is 23.1 Å². The molecule has 5 nitrogen and oxygen atoms in total. The quantitative estimate of drug-likeness (QED) is 0.897. The topological polar surface area (TPSA) is 66.6 Å². The minimum Gasteiger partial charge on any atom is -0.345 e. The summed E-state index contributed by atoms with van der Waals surface area (Å²) < 4.78 is 0. The van der Waals surface area contributed by atoms with Crippen LogP contribution in [0.4, 0.5) is 0 Å². The van der Waals surface area contributed by atoms with E-state index in [2.05, 4.69) is 13.8 Å². The van der Waals surface area contributed by atoms with Crippen molar-refractivity contribution in [1.29, 1.82) is 0 Å². The van der Waals surface area contributed by atoms with Gasteiger partial charge in [-0.15, -0.1) is 0 Å². The first-order valence-corrected chi connectivity index (χ1v) is 8.63. The van der Waals surface area contributed by atoms with Gasteiger partial charge in [-0.2, -0.15) is 0 Å². The Balaban J connectivity index is 1.88. The molecular formula is C19H29N3O2. The number of benzene rings is 1. The summed E-state index contributed by atoms with van der Waals surface area (Å²) in [6.07, 6.45) is 1.45. The van der Waals surface area contributed by atoms with Crippen molar-refractivity contribution in [2.24, 2.45) is 17.1 Å². The SMILES string of the molecule is CN(CC(C)(C)CN)C(=O)C1CCN(C(=O)c2ccccc2)CC1. The summed E-state index contributed by atoms with van der Waals surface area (Å²) in [6, 6.07) is 9.32. The molecule has 0 bridgehead atoms. The molecule has 1 fully saturated rings. The van der Waals surface area contributed by atoms with E-state index in [0.717, 1.165) is 12.8 Å². The first-order valence-electron chi connectivity index (χ1n) is 8.63. The molecule has 2 amide bonds. The maximum Gasteiger partial charge on any atom is 0.253 e. The van der Waals surface area contributed by atoms with Crippen molar-refractivity contribution in [1.82, 2.24) is 9.80 Å². The minimum absolute atomic E-state index is 0.00315. The lowest BCUT2D eigenvalue weighted by molar-refractivity contribution is -0.136. The minimum atomic E-state index is -0.0750. The number of hydrogen-bond acceptors (Lipinski definition) is 3. The van der Waals surface area contributed by atoms with Gasteiger partial charge in [0.05, 0.1) is 0 Å². The summed E-state index contributed by atoms with van der Waals surface area (Å²) >= 11 is 0. The monoisotopic (exact) mass is 331 g/mol. The standard InChI is InChI=1S/C19H29N3O2/c1-19(2,13-20)14-21(3)17(23)16-9-11-22(12-10-16)18(24)15-7-5-4-6-8-15/h4-8,16H,9-14,20H2,1-3H3. The molecule has 0 atom stereocenters. The van der Waals surface area contributed by atoms with Crippen LogP contribution in [0.25, 0.3) is 0 Å². The first kappa shape index (κ1) is 18.5. The highest BCUT2D eigenvalue weighted by Crippen LogP contribution is 2.23. The van der Waals surface area contributed by atoms with Gasteiger partial charge < -0.3 is 15.5 Å². The third-order valence-electron chi connectivity index (χ3n) is 4.75. The normalized spacial score (nSPS) is 16.1. The van der Waals surface area contributed by atoms with Crippen LogP contribution in [0.2, 0.25) is 0 Å². The van der Waals surface area contributed by atoms with Crippen molar-refractivity contribution in [3.8, 4) is 0 Å². The van der Waals surface area contributed by atoms with Gasteiger partial charge in [0.2, 0.25) is 5.91 Å². The van der Waals surface area contributed by atoms with Gasteiger partial charge in [0.25, 0.3) is 5.91 Å². The molecule has 0 aliphatic carbocycles. The smallest absolute Gasteiger partial charge is 0.253 e. The Morgan fingerprint density at radius 2 is 1.79 bits per heavy atom. The Morgan fingerprint density at radius 1 is 1.21 bits per heavy atom. The highest BCUT2D eigenvalue weighted by Gasteiger charge is 2.31. The lowest BCUT2D eigenvalue weighted by atomic mass is 9.91. The molecule has 1 saturated heterocycles. The van der Waals surface area contributed by atoms with Crippen molar-refractivity contribution in [2.75, 3.05) is 33.2 Å². The number of likely N-dealkylation sites (tertiary alicyclic amines) is 1. The number of rotatable bonds is 5. The molecule has 1 aromatic carbocycles. The van der Waals surface area contributed by atoms with Gasteiger partial charge in [-0.1, -0.05) is 32.0 Å². The number of nitrogens with zero attached hydrogens (tertiary/aromatic N) is 2. The highest BCUT2D eigenvalue weighted by molar-refractivity contribution is 5.94. The van der Waals surface area contributed by atoms with E-state index < -0.39 is 0 Å². The Kier molecular flexibility index (Phi) is 5.99. The molecule has 5 heteroatoms. The fraction of sp³-hybridized carbons (Fsp3) is 0.579. The zero-order valence-electron chi connectivity index (χ0n) is 15.0. The second-order valence-corrected chi connectivity index (χ2v) is 7.50. The van der Waals surface area contributed by atoms with E-state index in [4.69, 9.17) is 5.73 Å². The van der Waals surface area contributed by atoms with Crippen LogP contribution in [0.1, 0.15) is 37.0 Å². The van der Waals surface area contributed by atoms with Crippen LogP contribution in [-0.2, 0) is 4.79 Å². The lowest BCUT2D eigenvalue weighted by Gasteiger charge is -2.35. The van der Waals surface area contributed by atoms with Gasteiger partial charge in [-0.3, -0.25) is 9.59 Å². The third-order valence-corrected chi connectivity index (χ3v) is 4.75. The molecule has 2 rings (SSSR count). The average molecular weight is 331 g/mol. The highest BCUT2D eigenvalue weighted by atomic mass is 16.2. The molecule has 24 heavy (non-hydrogen) atoms. The first-order chi connectivity index (χ1) is 11.3. The summed E-state index contributed by atoms with van der Waals surface area (Å²) in [7, 11) is 1.85. The molecule has 2 N–H and O–H groups in total. The summed E-state index contributed by atoms with van der Waals surface area (Å²) in [5.41, 5.74) is 6.39. The Hall–Kier alpha value is -1.88. The van der Waals surface area contributed by atoms with Crippen molar-refractivity contribution in [3.63, 3.8) is 0 Å². The maximum absolute atomic E-state index is 12.6. The Bertz CT molecular complexity index is 563. The second kappa shape index (κ2) is 7.79. The molecule has 0 spiro atoms. The van der Waals surface area contributed by atoms with Gasteiger partial charge in [-0.25, -0.2) is 0 Å². The van der Waals surface area contributed by atoms with E-state index in [9.17, 15) is 9.59 Å². The van der Waals surface area contributed by atoms with Crippen LogP contribution >= 0.6 is 0 Å². The molecular weight excluding hydrogens is 302 g/mol. The molecule has 0 aromatic heterocycles. The summed E-state index contributed by atoms with van der Waals surface area (Å²) in [4.78, 5) is 28.7. The zero-order valence-corrected chi connectivity index (χ0v) is 15.0. The fourth-order valence-corrected chi connectivity index (χ4v) is 3.19. The van der Waals surface area contributed by atoms with E-state index in [0.29, 0.717) is 31.7 Å². The van der Waals surface area contributed by atoms with Crippen molar-refractivity contribution < 1.29 is 9.59 Å². The van der Waals surface area contributed by atoms with Gasteiger partial charge in [0.15, 0.2) is 0 Å². The van der Waals surface area contributed by atoms with Crippen molar-refractivity contribution >= 4 is 11.8 Å². The molecule has 1 aromatic rings. The van der Waals surface area contributed by atoms with E-state index in [1.165, 1.54) is 0 Å². The van der Waals surface area contributed by atoms with Gasteiger partial charge >= 0.3 is 0 Å². The predicted molar refractivity (Wildman–Crippen MR) is 95.5 cm³/mol. The van der Waals surface area contributed by atoms with E-state index in [1.807, 2.05) is 42.3 Å². The zero-order chi connectivity index (χ0) is 17.7. The molecule has 0 saturated carbocycles. The number of carbonyl (C=O) groups excluding carboxylic acids is 2. The number of carbonyl (C=O) groups is 2. The van der Waals surface area contributed by atoms with Crippen molar-refractivity contribution in [2.45, 2.75) is 26.7 Å². The number of nitrogens with two attached hydrogens (primary N) is 1. The lowest BCUT2D eigenvalue weighted by Crippen LogP contribution is -2.46. The molecule has 0 radical (unpaired) electrons. The number of hydrogen-bond donors (Lipinski definition) is 1. The van der Waals surface area contributed by atoms with Crippen LogP contribution < -0.4 is 5.73 Å². The number of piperidine rings is 1. The summed E-state index contributed by atoms with van der Waals surface area (Å²) in [6.45, 7) is 6.62. The Labute approximate surface area is 144 Å². The molecule has 1 heterocycles. The molecule has 1 aliphatic rings. The maximum atomic E-state index is 12.6. The number of amides is 2. The van der Waals surface area contributed by atoms with E-state index in [1.54, 1.807) is 4.90 Å². The van der Waals surface area contributed by atoms with Crippen molar-refractivity contribution in [3.05, 3.63) is 35.9 Å². The van der Waals surface area contributed by atoms with Gasteiger partial charge in [-0.05, 0) is 36.9 Å². The van der Waals surface area contributed by atoms with Gasteiger partial charge in [0, 0.05) is 38.2 Å². The Morgan fingerprint density at radius 3 is 2.33 bits per heavy atom. The summed E-state index contributed by atoms with van der Waals surface area (Å²) in [5.74, 6) is 0.228. The molecule has 132 valence electrons. The van der Waals surface area contributed by atoms with Crippen LogP contribution in [0.3, 0.4) is 0 Å². The third kappa shape index (κ3) is 4.57.